The molecule has 0 aliphatic carbocycles. The SMILES string of the molecule is ClC1=CNC(Cl)(C(Cl)(Cl)Cl)N=C1Cl. The Kier molecular flexibility index (Phi) is 3.55. The number of alkyl halides is 4. The van der Waals surface area contributed by atoms with Crippen molar-refractivity contribution in [2.75, 3.05) is 0 Å². The summed E-state index contributed by atoms with van der Waals surface area (Å²) in [4.78, 5) is 3.71. The van der Waals surface area contributed by atoms with Crippen LogP contribution in [0.1, 0.15) is 0 Å². The molecular weight excluding hydrogens is 301 g/mol. The van der Waals surface area contributed by atoms with E-state index in [4.69, 9.17) is 69.6 Å². The fourth-order valence-corrected chi connectivity index (χ4v) is 1.34. The van der Waals surface area contributed by atoms with Gasteiger partial charge in [0, 0.05) is 6.20 Å². The molecule has 0 aromatic carbocycles. The minimum Gasteiger partial charge on any atom is -0.350 e. The van der Waals surface area contributed by atoms with Crippen LogP contribution in [-0.4, -0.2) is 14.1 Å². The molecule has 0 radical (unpaired) electrons. The van der Waals surface area contributed by atoms with Gasteiger partial charge in [0.15, 0.2) is 0 Å². The first-order chi connectivity index (χ1) is 5.76. The van der Waals surface area contributed by atoms with E-state index in [1.807, 2.05) is 0 Å². The van der Waals surface area contributed by atoms with E-state index in [9.17, 15) is 0 Å². The van der Waals surface area contributed by atoms with Crippen LogP contribution in [0.15, 0.2) is 16.2 Å². The average molecular weight is 303 g/mol. The summed E-state index contributed by atoms with van der Waals surface area (Å²) >= 11 is 33.7. The van der Waals surface area contributed by atoms with Crippen LogP contribution in [0.25, 0.3) is 0 Å². The number of halogens is 6. The molecule has 0 spiro atoms. The van der Waals surface area contributed by atoms with E-state index in [2.05, 4.69) is 10.3 Å². The maximum absolute atomic E-state index is 5.83. The molecule has 1 aliphatic heterocycles. The van der Waals surface area contributed by atoms with Crippen LogP contribution in [0.3, 0.4) is 0 Å². The van der Waals surface area contributed by atoms with Crippen LogP contribution in [0, 0.1) is 0 Å². The molecule has 0 bridgehead atoms. The van der Waals surface area contributed by atoms with Gasteiger partial charge >= 0.3 is 0 Å². The number of hydrogen-bond donors (Lipinski definition) is 1. The predicted octanol–water partition coefficient (Wildman–Crippen LogP) is 3.57. The number of nitrogens with one attached hydrogen (secondary N) is 1. The molecule has 0 aromatic rings. The van der Waals surface area contributed by atoms with Gasteiger partial charge in [-0.25, -0.2) is 4.99 Å². The molecule has 1 unspecified atom stereocenters. The Bertz CT molecular complexity index is 279. The highest BCUT2D eigenvalue weighted by molar-refractivity contribution is 6.77. The van der Waals surface area contributed by atoms with Gasteiger partial charge in [0.25, 0.3) is 5.12 Å². The van der Waals surface area contributed by atoms with Gasteiger partial charge in [-0.3, -0.25) is 0 Å². The lowest BCUT2D eigenvalue weighted by molar-refractivity contribution is 0.549. The van der Waals surface area contributed by atoms with Crippen LogP contribution in [0.2, 0.25) is 0 Å². The highest BCUT2D eigenvalue weighted by atomic mass is 35.6. The van der Waals surface area contributed by atoms with Crippen molar-refractivity contribution in [2.45, 2.75) is 8.91 Å². The number of rotatable bonds is 0. The Morgan fingerprint density at radius 1 is 1.31 bits per heavy atom. The maximum atomic E-state index is 5.83. The van der Waals surface area contributed by atoms with Gasteiger partial charge in [-0.05, 0) is 0 Å². The summed E-state index contributed by atoms with van der Waals surface area (Å²) in [5.41, 5.74) is 0. The predicted molar refractivity (Wildman–Crippen MR) is 59.2 cm³/mol. The summed E-state index contributed by atoms with van der Waals surface area (Å²) in [6.07, 6.45) is 1.31. The van der Waals surface area contributed by atoms with Gasteiger partial charge in [0.2, 0.25) is 3.79 Å². The molecule has 1 atom stereocenters. The van der Waals surface area contributed by atoms with Gasteiger partial charge < -0.3 is 5.32 Å². The molecule has 1 N–H and O–H groups in total. The minimum atomic E-state index is -1.83. The van der Waals surface area contributed by atoms with E-state index in [0.717, 1.165) is 0 Å². The number of allylic oxidation sites excluding steroid dienone is 1. The molecule has 0 amide bonds. The summed E-state index contributed by atoms with van der Waals surface area (Å²) < 4.78 is -1.83. The fourth-order valence-electron chi connectivity index (χ4n) is 0.585. The van der Waals surface area contributed by atoms with Gasteiger partial charge in [0.05, 0.1) is 5.03 Å². The van der Waals surface area contributed by atoms with Crippen molar-refractivity contribution in [1.29, 1.82) is 0 Å². The standard InChI is InChI=1S/C5H2Cl6N2/c6-2-1-12-5(11,4(8,9)10)13-3(2)7/h1,12H. The van der Waals surface area contributed by atoms with Crippen molar-refractivity contribution in [2.24, 2.45) is 4.99 Å². The largest absolute Gasteiger partial charge is 0.350 e. The van der Waals surface area contributed by atoms with Gasteiger partial charge in [-0.2, -0.15) is 0 Å². The van der Waals surface area contributed by atoms with Crippen molar-refractivity contribution in [1.82, 2.24) is 5.32 Å². The fraction of sp³-hybridized carbons (Fsp3) is 0.400. The smallest absolute Gasteiger partial charge is 0.255 e. The quantitative estimate of drug-likeness (QED) is 0.537. The van der Waals surface area contributed by atoms with Gasteiger partial charge in [-0.15, -0.1) is 0 Å². The molecule has 0 saturated carbocycles. The average Bonchev–Trinajstić information content (AvgIpc) is 1.95. The van der Waals surface area contributed by atoms with Gasteiger partial charge in [0.1, 0.15) is 5.17 Å². The topological polar surface area (TPSA) is 24.4 Å². The van der Waals surface area contributed by atoms with Crippen molar-refractivity contribution in [3.05, 3.63) is 11.2 Å². The van der Waals surface area contributed by atoms with E-state index in [-0.39, 0.29) is 10.2 Å². The highest BCUT2D eigenvalue weighted by Crippen LogP contribution is 2.43. The van der Waals surface area contributed by atoms with Crippen LogP contribution in [0.4, 0.5) is 0 Å². The lowest BCUT2D eigenvalue weighted by Crippen LogP contribution is -2.48. The Hall–Kier alpha value is 0.950. The molecule has 0 fully saturated rings. The maximum Gasteiger partial charge on any atom is 0.255 e. The number of hydrogen-bond acceptors (Lipinski definition) is 2. The van der Waals surface area contributed by atoms with E-state index in [1.165, 1.54) is 6.20 Å². The van der Waals surface area contributed by atoms with E-state index < -0.39 is 8.91 Å². The second kappa shape index (κ2) is 3.84. The normalized spacial score (nSPS) is 29.1. The Balaban J connectivity index is 3.01. The first kappa shape index (κ1) is 12.0. The Labute approximate surface area is 105 Å². The lowest BCUT2D eigenvalue weighted by atomic mass is 10.4. The van der Waals surface area contributed by atoms with Crippen molar-refractivity contribution in [3.63, 3.8) is 0 Å². The molecule has 2 nitrogen and oxygen atoms in total. The van der Waals surface area contributed by atoms with Crippen LogP contribution >= 0.6 is 69.6 Å². The van der Waals surface area contributed by atoms with Gasteiger partial charge in [-0.1, -0.05) is 69.6 Å². The Morgan fingerprint density at radius 2 is 1.85 bits per heavy atom. The third kappa shape index (κ3) is 2.49. The molecule has 1 rings (SSSR count). The van der Waals surface area contributed by atoms with E-state index in [0.29, 0.717) is 0 Å². The Morgan fingerprint density at radius 3 is 2.23 bits per heavy atom. The second-order valence-electron chi connectivity index (χ2n) is 2.16. The molecular formula is C5H2Cl6N2. The van der Waals surface area contributed by atoms with Crippen molar-refractivity contribution < 1.29 is 0 Å². The monoisotopic (exact) mass is 300 g/mol. The minimum absolute atomic E-state index is 0.0123. The van der Waals surface area contributed by atoms with Crippen LogP contribution in [-0.2, 0) is 0 Å². The third-order valence-electron chi connectivity index (χ3n) is 1.22. The summed E-state index contributed by atoms with van der Waals surface area (Å²) in [5.74, 6) is 0. The highest BCUT2D eigenvalue weighted by Gasteiger charge is 2.48. The number of aliphatic imine (C=N–C) groups is 1. The molecule has 8 heteroatoms. The van der Waals surface area contributed by atoms with Crippen molar-refractivity contribution >= 4 is 74.8 Å². The molecule has 0 saturated heterocycles. The lowest BCUT2D eigenvalue weighted by Gasteiger charge is -2.32. The first-order valence-electron chi connectivity index (χ1n) is 2.91. The molecule has 1 heterocycles. The van der Waals surface area contributed by atoms with Crippen LogP contribution < -0.4 is 5.32 Å². The summed E-state index contributed by atoms with van der Waals surface area (Å²) in [7, 11) is 0. The number of nitrogens with zero attached hydrogens (tertiary/aromatic N) is 1. The van der Waals surface area contributed by atoms with Crippen molar-refractivity contribution in [3.8, 4) is 0 Å². The first-order valence-corrected chi connectivity index (χ1v) is 5.18. The third-order valence-corrected chi connectivity index (χ3v) is 3.48. The molecule has 0 aromatic heterocycles. The zero-order valence-electron chi connectivity index (χ0n) is 5.79. The summed E-state index contributed by atoms with van der Waals surface area (Å²) in [6, 6.07) is 0. The van der Waals surface area contributed by atoms with E-state index >= 15 is 0 Å². The summed E-state index contributed by atoms with van der Waals surface area (Å²) in [5, 5.41) is 1.09. The van der Waals surface area contributed by atoms with E-state index in [1.54, 1.807) is 0 Å². The second-order valence-corrected chi connectivity index (χ2v) is 5.75. The zero-order chi connectivity index (χ0) is 10.3. The zero-order valence-corrected chi connectivity index (χ0v) is 10.3. The van der Waals surface area contributed by atoms with Crippen LogP contribution in [0.5, 0.6) is 0 Å². The molecule has 1 aliphatic rings. The summed E-state index contributed by atoms with van der Waals surface area (Å²) in [6.45, 7) is 0. The molecule has 74 valence electrons. The molecule has 13 heavy (non-hydrogen) atoms.